The summed E-state index contributed by atoms with van der Waals surface area (Å²) in [5, 5.41) is 14.2. The molecule has 0 atom stereocenters. The molecule has 0 unspecified atom stereocenters. The second-order valence-corrected chi connectivity index (χ2v) is 9.83. The van der Waals surface area contributed by atoms with Gasteiger partial charge in [0.2, 0.25) is 0 Å². The SMILES string of the molecule is Cc1ccc(Sc2cc(NC(=O)c3ccc(COc4ccc5c(c4)CCC5)o3)cc([N+](=O)[O-])c2)cc1. The predicted octanol–water partition coefficient (Wildman–Crippen LogP) is 6.97. The molecule has 0 fully saturated rings. The molecule has 1 heterocycles. The zero-order chi connectivity index (χ0) is 25.1. The van der Waals surface area contributed by atoms with Crippen LogP contribution >= 0.6 is 11.8 Å². The highest BCUT2D eigenvalue weighted by molar-refractivity contribution is 7.99. The number of carbonyl (C=O) groups excluding carboxylic acids is 1. The molecule has 0 radical (unpaired) electrons. The van der Waals surface area contributed by atoms with Crippen molar-refractivity contribution in [2.45, 2.75) is 42.6 Å². The van der Waals surface area contributed by atoms with E-state index < -0.39 is 10.8 Å². The van der Waals surface area contributed by atoms with E-state index in [1.165, 1.54) is 41.4 Å². The second-order valence-electron chi connectivity index (χ2n) is 8.68. The molecule has 0 aliphatic heterocycles. The topological polar surface area (TPSA) is 94.6 Å². The minimum Gasteiger partial charge on any atom is -0.486 e. The molecular weight excluding hydrogens is 476 g/mol. The number of nitrogens with one attached hydrogen (secondary N) is 1. The highest BCUT2D eigenvalue weighted by Crippen LogP contribution is 2.33. The van der Waals surface area contributed by atoms with Crippen LogP contribution in [0.5, 0.6) is 5.75 Å². The number of non-ortho nitro benzene ring substituents is 1. The molecule has 1 amide bonds. The van der Waals surface area contributed by atoms with Gasteiger partial charge < -0.3 is 14.5 Å². The quantitative estimate of drug-likeness (QED) is 0.207. The van der Waals surface area contributed by atoms with Crippen LogP contribution in [0.1, 0.15) is 39.4 Å². The third-order valence-electron chi connectivity index (χ3n) is 5.95. The summed E-state index contributed by atoms with van der Waals surface area (Å²) in [6.45, 7) is 2.19. The minimum absolute atomic E-state index is 0.0989. The smallest absolute Gasteiger partial charge is 0.291 e. The average molecular weight is 501 g/mol. The van der Waals surface area contributed by atoms with E-state index in [1.807, 2.05) is 37.3 Å². The molecule has 5 rings (SSSR count). The van der Waals surface area contributed by atoms with E-state index in [4.69, 9.17) is 9.15 Å². The third-order valence-corrected chi connectivity index (χ3v) is 6.93. The molecule has 0 bridgehead atoms. The molecule has 1 aliphatic carbocycles. The third kappa shape index (κ3) is 5.60. The summed E-state index contributed by atoms with van der Waals surface area (Å²) in [6, 6.07) is 21.8. The van der Waals surface area contributed by atoms with Crippen molar-refractivity contribution in [2.75, 3.05) is 5.32 Å². The summed E-state index contributed by atoms with van der Waals surface area (Å²) in [4.78, 5) is 25.4. The maximum Gasteiger partial charge on any atom is 0.291 e. The minimum atomic E-state index is -0.495. The van der Waals surface area contributed by atoms with E-state index in [2.05, 4.69) is 17.4 Å². The van der Waals surface area contributed by atoms with Crippen LogP contribution in [0.4, 0.5) is 11.4 Å². The lowest BCUT2D eigenvalue weighted by molar-refractivity contribution is -0.385. The molecule has 1 aliphatic rings. The number of nitro benzene ring substituents is 1. The van der Waals surface area contributed by atoms with E-state index in [-0.39, 0.29) is 18.1 Å². The summed E-state index contributed by atoms with van der Waals surface area (Å²) in [6.07, 6.45) is 3.36. The molecule has 8 heteroatoms. The summed E-state index contributed by atoms with van der Waals surface area (Å²) < 4.78 is 11.5. The van der Waals surface area contributed by atoms with Crippen molar-refractivity contribution in [1.82, 2.24) is 0 Å². The zero-order valence-electron chi connectivity index (χ0n) is 19.7. The Kier molecular flexibility index (Phi) is 6.77. The number of anilines is 1. The Morgan fingerprint density at radius 2 is 1.81 bits per heavy atom. The molecule has 7 nitrogen and oxygen atoms in total. The summed E-state index contributed by atoms with van der Waals surface area (Å²) in [7, 11) is 0. The van der Waals surface area contributed by atoms with Crippen LogP contribution in [0.15, 0.2) is 87.0 Å². The first kappa shape index (κ1) is 23.7. The van der Waals surface area contributed by atoms with Crippen molar-refractivity contribution in [3.05, 3.63) is 111 Å². The molecule has 4 aromatic rings. The Morgan fingerprint density at radius 3 is 2.61 bits per heavy atom. The van der Waals surface area contributed by atoms with Gasteiger partial charge in [0.15, 0.2) is 5.76 Å². The van der Waals surface area contributed by atoms with Gasteiger partial charge >= 0.3 is 0 Å². The Morgan fingerprint density at radius 1 is 1.00 bits per heavy atom. The number of amides is 1. The molecule has 1 aromatic heterocycles. The van der Waals surface area contributed by atoms with Gasteiger partial charge in [-0.25, -0.2) is 0 Å². The Labute approximate surface area is 212 Å². The van der Waals surface area contributed by atoms with E-state index in [0.29, 0.717) is 16.3 Å². The highest BCUT2D eigenvalue weighted by Gasteiger charge is 2.17. The van der Waals surface area contributed by atoms with Crippen LogP contribution in [0.25, 0.3) is 0 Å². The maximum atomic E-state index is 12.8. The van der Waals surface area contributed by atoms with Gasteiger partial charge in [-0.3, -0.25) is 14.9 Å². The first-order valence-electron chi connectivity index (χ1n) is 11.6. The van der Waals surface area contributed by atoms with Crippen molar-refractivity contribution in [3.8, 4) is 5.75 Å². The lowest BCUT2D eigenvalue weighted by atomic mass is 10.1. The molecule has 3 aromatic carbocycles. The van der Waals surface area contributed by atoms with Crippen molar-refractivity contribution < 1.29 is 18.9 Å². The first-order chi connectivity index (χ1) is 17.4. The fourth-order valence-electron chi connectivity index (χ4n) is 4.12. The fraction of sp³-hybridized carbons (Fsp3) is 0.179. The van der Waals surface area contributed by atoms with Gasteiger partial charge in [0.25, 0.3) is 11.6 Å². The number of nitrogens with zero attached hydrogens (tertiary/aromatic N) is 1. The lowest BCUT2D eigenvalue weighted by Crippen LogP contribution is -2.11. The van der Waals surface area contributed by atoms with Gasteiger partial charge in [-0.05, 0) is 79.8 Å². The van der Waals surface area contributed by atoms with Crippen LogP contribution in [-0.4, -0.2) is 10.8 Å². The van der Waals surface area contributed by atoms with E-state index in [9.17, 15) is 14.9 Å². The van der Waals surface area contributed by atoms with E-state index in [0.717, 1.165) is 29.1 Å². The van der Waals surface area contributed by atoms with Crippen LogP contribution in [0.2, 0.25) is 0 Å². The zero-order valence-corrected chi connectivity index (χ0v) is 20.5. The van der Waals surface area contributed by atoms with Crippen molar-refractivity contribution >= 4 is 29.0 Å². The van der Waals surface area contributed by atoms with Gasteiger partial charge in [-0.1, -0.05) is 35.5 Å². The summed E-state index contributed by atoms with van der Waals surface area (Å²) in [5.74, 6) is 0.885. The van der Waals surface area contributed by atoms with Gasteiger partial charge in [-0.15, -0.1) is 0 Å². The predicted molar refractivity (Wildman–Crippen MR) is 138 cm³/mol. The summed E-state index contributed by atoms with van der Waals surface area (Å²) >= 11 is 1.39. The van der Waals surface area contributed by atoms with Crippen LogP contribution in [0.3, 0.4) is 0 Å². The Hall–Kier alpha value is -4.04. The Bertz CT molecular complexity index is 1430. The molecule has 182 valence electrons. The number of fused-ring (bicyclic) bond motifs is 1. The normalized spacial score (nSPS) is 12.2. The van der Waals surface area contributed by atoms with Crippen molar-refractivity contribution in [1.29, 1.82) is 0 Å². The number of carbonyl (C=O) groups is 1. The van der Waals surface area contributed by atoms with Crippen molar-refractivity contribution in [2.24, 2.45) is 0 Å². The van der Waals surface area contributed by atoms with Crippen LogP contribution in [-0.2, 0) is 19.4 Å². The van der Waals surface area contributed by atoms with Gasteiger partial charge in [0.1, 0.15) is 18.1 Å². The van der Waals surface area contributed by atoms with Gasteiger partial charge in [-0.2, -0.15) is 0 Å². The molecular formula is C28H24N2O5S. The van der Waals surface area contributed by atoms with Crippen molar-refractivity contribution in [3.63, 3.8) is 0 Å². The number of nitro groups is 1. The highest BCUT2D eigenvalue weighted by atomic mass is 32.2. The fourth-order valence-corrected chi connectivity index (χ4v) is 5.03. The van der Waals surface area contributed by atoms with Gasteiger partial charge in [0, 0.05) is 27.6 Å². The van der Waals surface area contributed by atoms with E-state index >= 15 is 0 Å². The number of furan rings is 1. The number of benzene rings is 3. The molecule has 0 saturated heterocycles. The number of aryl methyl sites for hydroxylation is 3. The largest absolute Gasteiger partial charge is 0.486 e. The molecule has 1 N–H and O–H groups in total. The Balaban J connectivity index is 1.26. The molecule has 0 saturated carbocycles. The van der Waals surface area contributed by atoms with E-state index in [1.54, 1.807) is 18.2 Å². The first-order valence-corrected chi connectivity index (χ1v) is 12.4. The molecule has 36 heavy (non-hydrogen) atoms. The number of hydrogen-bond donors (Lipinski definition) is 1. The maximum absolute atomic E-state index is 12.8. The number of rotatable bonds is 8. The van der Waals surface area contributed by atoms with Crippen LogP contribution < -0.4 is 10.1 Å². The lowest BCUT2D eigenvalue weighted by Gasteiger charge is -2.08. The monoisotopic (exact) mass is 500 g/mol. The standard InChI is InChI=1S/C28H24N2O5S/c1-18-5-10-25(11-6-18)36-26-15-21(14-22(16-26)30(32)33)29-28(31)27-12-9-24(35-27)17-34-23-8-7-19-3-2-4-20(19)13-23/h5-16H,2-4,17H2,1H3,(H,29,31). The molecule has 0 spiro atoms. The average Bonchev–Trinajstić information content (AvgIpc) is 3.53. The number of ether oxygens (including phenoxy) is 1. The van der Waals surface area contributed by atoms with Crippen LogP contribution in [0, 0.1) is 17.0 Å². The summed E-state index contributed by atoms with van der Waals surface area (Å²) in [5.41, 5.74) is 4.04. The second kappa shape index (κ2) is 10.3. The number of hydrogen-bond acceptors (Lipinski definition) is 6. The van der Waals surface area contributed by atoms with Gasteiger partial charge in [0.05, 0.1) is 4.92 Å².